The van der Waals surface area contributed by atoms with Gasteiger partial charge in [-0.2, -0.15) is 0 Å². The van der Waals surface area contributed by atoms with Crippen molar-refractivity contribution in [2.75, 3.05) is 27.3 Å². The van der Waals surface area contributed by atoms with Gasteiger partial charge in [0, 0.05) is 30.1 Å². The first-order valence-corrected chi connectivity index (χ1v) is 7.71. The van der Waals surface area contributed by atoms with Crippen LogP contribution < -0.4 is 9.47 Å². The maximum atomic E-state index is 12.7. The Hall–Kier alpha value is -2.21. The van der Waals surface area contributed by atoms with E-state index in [9.17, 15) is 4.79 Å². The highest BCUT2D eigenvalue weighted by Crippen LogP contribution is 2.32. The minimum Gasteiger partial charge on any atom is -0.493 e. The third-order valence-corrected chi connectivity index (χ3v) is 4.06. The summed E-state index contributed by atoms with van der Waals surface area (Å²) >= 11 is 0. The third-order valence-electron chi connectivity index (χ3n) is 4.06. The number of carbonyl (C=O) groups is 1. The minimum atomic E-state index is -0.0128. The molecule has 124 valence electrons. The van der Waals surface area contributed by atoms with Crippen LogP contribution in [0.15, 0.2) is 18.2 Å². The summed E-state index contributed by atoms with van der Waals surface area (Å²) in [4.78, 5) is 17.8. The van der Waals surface area contributed by atoms with Crippen molar-refractivity contribution in [3.8, 4) is 11.5 Å². The van der Waals surface area contributed by atoms with E-state index in [4.69, 9.17) is 14.2 Å². The van der Waals surface area contributed by atoms with Gasteiger partial charge in [-0.25, -0.2) is 0 Å². The number of ether oxygens (including phenoxy) is 3. The van der Waals surface area contributed by atoms with Crippen LogP contribution in [-0.4, -0.2) is 55.3 Å². The average molecular weight is 318 g/mol. The topological polar surface area (TPSA) is 63.8 Å². The van der Waals surface area contributed by atoms with Crippen molar-refractivity contribution >= 4 is 16.8 Å². The Balaban J connectivity index is 1.92. The predicted molar refractivity (Wildman–Crippen MR) is 87.3 cm³/mol. The Kier molecular flexibility index (Phi) is 4.17. The molecule has 0 spiro atoms. The Morgan fingerprint density at radius 3 is 2.35 bits per heavy atom. The highest BCUT2D eigenvalue weighted by molar-refractivity contribution is 5.98. The number of nitrogens with zero attached hydrogens (tertiary/aromatic N) is 1. The van der Waals surface area contributed by atoms with Crippen molar-refractivity contribution in [1.82, 2.24) is 9.88 Å². The standard InChI is InChI=1S/C17H22N2O4/c1-10-8-19(9-11(2)23-10)17(20)14-5-12-6-15(21-3)16(22-4)7-13(12)18-14/h5-7,10-11,18H,8-9H2,1-4H3/t10-,11-/m0/s1. The molecule has 1 saturated heterocycles. The number of aromatic amines is 1. The molecule has 1 aromatic carbocycles. The Bertz CT molecular complexity index is 674. The van der Waals surface area contributed by atoms with E-state index >= 15 is 0 Å². The Labute approximate surface area is 135 Å². The molecule has 2 heterocycles. The van der Waals surface area contributed by atoms with E-state index in [0.29, 0.717) is 30.3 Å². The highest BCUT2D eigenvalue weighted by Gasteiger charge is 2.27. The second kappa shape index (κ2) is 6.12. The van der Waals surface area contributed by atoms with Gasteiger partial charge in [-0.15, -0.1) is 0 Å². The fraction of sp³-hybridized carbons (Fsp3) is 0.471. The van der Waals surface area contributed by atoms with Crippen LogP contribution in [0.5, 0.6) is 11.5 Å². The molecule has 0 saturated carbocycles. The molecule has 0 radical (unpaired) electrons. The lowest BCUT2D eigenvalue weighted by Gasteiger charge is -2.35. The molecule has 0 aliphatic carbocycles. The fourth-order valence-electron chi connectivity index (χ4n) is 3.09. The summed E-state index contributed by atoms with van der Waals surface area (Å²) in [5, 5.41) is 0.917. The number of aromatic nitrogens is 1. The Morgan fingerprint density at radius 1 is 1.13 bits per heavy atom. The predicted octanol–water partition coefficient (Wildman–Crippen LogP) is 2.43. The van der Waals surface area contributed by atoms with E-state index < -0.39 is 0 Å². The highest BCUT2D eigenvalue weighted by atomic mass is 16.5. The number of methoxy groups -OCH3 is 2. The SMILES string of the molecule is COc1cc2cc(C(=O)N3C[C@H](C)O[C@@H](C)C3)[nH]c2cc1OC. The van der Waals surface area contributed by atoms with Crippen molar-refractivity contribution in [2.45, 2.75) is 26.1 Å². The molecule has 1 fully saturated rings. The number of fused-ring (bicyclic) bond motifs is 1. The summed E-state index contributed by atoms with van der Waals surface area (Å²) in [7, 11) is 3.19. The van der Waals surface area contributed by atoms with Crippen LogP contribution in [0, 0.1) is 0 Å². The van der Waals surface area contributed by atoms with Crippen molar-refractivity contribution in [2.24, 2.45) is 0 Å². The number of amides is 1. The molecule has 23 heavy (non-hydrogen) atoms. The lowest BCUT2D eigenvalue weighted by Crippen LogP contribution is -2.48. The van der Waals surface area contributed by atoms with Gasteiger partial charge < -0.3 is 24.1 Å². The third kappa shape index (κ3) is 2.99. The number of nitrogens with one attached hydrogen (secondary N) is 1. The van der Waals surface area contributed by atoms with E-state index in [-0.39, 0.29) is 18.1 Å². The maximum Gasteiger partial charge on any atom is 0.270 e. The van der Waals surface area contributed by atoms with Crippen molar-refractivity contribution in [3.63, 3.8) is 0 Å². The van der Waals surface area contributed by atoms with Crippen LogP contribution >= 0.6 is 0 Å². The molecule has 6 heteroatoms. The van der Waals surface area contributed by atoms with E-state index in [1.54, 1.807) is 14.2 Å². The summed E-state index contributed by atoms with van der Waals surface area (Å²) in [6.07, 6.45) is 0.0968. The maximum absolute atomic E-state index is 12.7. The monoisotopic (exact) mass is 318 g/mol. The molecular formula is C17H22N2O4. The number of rotatable bonds is 3. The second-order valence-electron chi connectivity index (χ2n) is 5.94. The Morgan fingerprint density at radius 2 is 1.74 bits per heavy atom. The average Bonchev–Trinajstić information content (AvgIpc) is 2.94. The first-order chi connectivity index (χ1) is 11.0. The lowest BCUT2D eigenvalue weighted by atomic mass is 10.2. The number of carbonyl (C=O) groups excluding carboxylic acids is 1. The van der Waals surface area contributed by atoms with Crippen molar-refractivity contribution < 1.29 is 19.0 Å². The van der Waals surface area contributed by atoms with E-state index in [1.807, 2.05) is 36.9 Å². The van der Waals surface area contributed by atoms with Crippen molar-refractivity contribution in [1.29, 1.82) is 0 Å². The van der Waals surface area contributed by atoms with Crippen LogP contribution in [0.25, 0.3) is 10.9 Å². The molecule has 0 unspecified atom stereocenters. The molecule has 1 aliphatic rings. The quantitative estimate of drug-likeness (QED) is 0.944. The fourth-order valence-corrected chi connectivity index (χ4v) is 3.09. The normalized spacial score (nSPS) is 21.5. The number of benzene rings is 1. The number of H-pyrrole nitrogens is 1. The van der Waals surface area contributed by atoms with Gasteiger partial charge in [0.1, 0.15) is 5.69 Å². The summed E-state index contributed by atoms with van der Waals surface area (Å²) < 4.78 is 16.3. The smallest absolute Gasteiger partial charge is 0.270 e. The largest absolute Gasteiger partial charge is 0.493 e. The van der Waals surface area contributed by atoms with Crippen LogP contribution in [0.2, 0.25) is 0 Å². The zero-order chi connectivity index (χ0) is 16.6. The van der Waals surface area contributed by atoms with Crippen molar-refractivity contribution in [3.05, 3.63) is 23.9 Å². The molecule has 3 rings (SSSR count). The molecule has 1 amide bonds. The van der Waals surface area contributed by atoms with Crippen LogP contribution in [-0.2, 0) is 4.74 Å². The molecule has 1 aromatic heterocycles. The summed E-state index contributed by atoms with van der Waals surface area (Å²) in [5.74, 6) is 1.27. The summed E-state index contributed by atoms with van der Waals surface area (Å²) in [6.45, 7) is 5.17. The van der Waals surface area contributed by atoms with Gasteiger partial charge in [-0.05, 0) is 26.0 Å². The molecule has 1 N–H and O–H groups in total. The number of hydrogen-bond donors (Lipinski definition) is 1. The minimum absolute atomic E-state index is 0.0128. The molecular weight excluding hydrogens is 296 g/mol. The van der Waals surface area contributed by atoms with E-state index in [2.05, 4.69) is 4.98 Å². The van der Waals surface area contributed by atoms with Gasteiger partial charge in [0.15, 0.2) is 11.5 Å². The van der Waals surface area contributed by atoms with Gasteiger partial charge in [-0.3, -0.25) is 4.79 Å². The molecule has 2 aromatic rings. The van der Waals surface area contributed by atoms with Crippen LogP contribution in [0.1, 0.15) is 24.3 Å². The van der Waals surface area contributed by atoms with Gasteiger partial charge in [0.25, 0.3) is 5.91 Å². The first kappa shape index (κ1) is 15.7. The lowest BCUT2D eigenvalue weighted by molar-refractivity contribution is -0.0587. The number of morpholine rings is 1. The molecule has 0 bridgehead atoms. The zero-order valence-corrected chi connectivity index (χ0v) is 13.9. The zero-order valence-electron chi connectivity index (χ0n) is 13.9. The first-order valence-electron chi connectivity index (χ1n) is 7.71. The molecule has 1 aliphatic heterocycles. The van der Waals surface area contributed by atoms with Crippen LogP contribution in [0.3, 0.4) is 0 Å². The van der Waals surface area contributed by atoms with E-state index in [0.717, 1.165) is 10.9 Å². The van der Waals surface area contributed by atoms with E-state index in [1.165, 1.54) is 0 Å². The molecule has 2 atom stereocenters. The van der Waals surface area contributed by atoms with Gasteiger partial charge in [0.2, 0.25) is 0 Å². The van der Waals surface area contributed by atoms with Gasteiger partial charge >= 0.3 is 0 Å². The van der Waals surface area contributed by atoms with Crippen LogP contribution in [0.4, 0.5) is 0 Å². The van der Waals surface area contributed by atoms with Gasteiger partial charge in [-0.1, -0.05) is 0 Å². The molecule has 6 nitrogen and oxygen atoms in total. The van der Waals surface area contributed by atoms with Gasteiger partial charge in [0.05, 0.1) is 26.4 Å². The summed E-state index contributed by atoms with van der Waals surface area (Å²) in [6, 6.07) is 5.56. The summed E-state index contributed by atoms with van der Waals surface area (Å²) in [5.41, 5.74) is 1.41. The number of hydrogen-bond acceptors (Lipinski definition) is 4. The second-order valence-corrected chi connectivity index (χ2v) is 5.94.